The van der Waals surface area contributed by atoms with Crippen LogP contribution in [0.5, 0.6) is 0 Å². The van der Waals surface area contributed by atoms with E-state index in [-0.39, 0.29) is 11.3 Å². The highest BCUT2D eigenvalue weighted by Gasteiger charge is 2.44. The molecule has 22 heavy (non-hydrogen) atoms. The zero-order valence-corrected chi connectivity index (χ0v) is 13.4. The second-order valence-electron chi connectivity index (χ2n) is 6.54. The number of carbonyl (C=O) groups is 1. The van der Waals surface area contributed by atoms with Crippen LogP contribution in [-0.2, 0) is 15.6 Å². The molecule has 7 heteroatoms. The Morgan fingerprint density at radius 2 is 1.91 bits per heavy atom. The van der Waals surface area contributed by atoms with Crippen molar-refractivity contribution >= 4 is 21.6 Å². The van der Waals surface area contributed by atoms with E-state index in [9.17, 15) is 18.3 Å². The fourth-order valence-electron chi connectivity index (χ4n) is 3.11. The van der Waals surface area contributed by atoms with E-state index in [1.165, 1.54) is 25.0 Å². The summed E-state index contributed by atoms with van der Waals surface area (Å²) in [6, 6.07) is 2.95. The summed E-state index contributed by atoms with van der Waals surface area (Å²) >= 11 is 0. The van der Waals surface area contributed by atoms with Crippen LogP contribution in [0.1, 0.15) is 41.7 Å². The average molecular weight is 324 g/mol. The summed E-state index contributed by atoms with van der Waals surface area (Å²) in [7, 11) is -3.19. The Bertz CT molecular complexity index is 700. The second kappa shape index (κ2) is 5.22. The van der Waals surface area contributed by atoms with Gasteiger partial charge in [-0.15, -0.1) is 0 Å². The number of hydrogen-bond acceptors (Lipinski definition) is 5. The zero-order valence-electron chi connectivity index (χ0n) is 12.6. The van der Waals surface area contributed by atoms with Crippen molar-refractivity contribution in [2.24, 2.45) is 5.41 Å². The van der Waals surface area contributed by atoms with Crippen molar-refractivity contribution in [3.8, 4) is 0 Å². The molecule has 1 aromatic rings. The number of piperidine rings is 1. The first kappa shape index (κ1) is 15.3. The lowest BCUT2D eigenvalue weighted by Crippen LogP contribution is -2.36. The van der Waals surface area contributed by atoms with Gasteiger partial charge in [0.15, 0.2) is 9.84 Å². The maximum absolute atomic E-state index is 11.4. The van der Waals surface area contributed by atoms with E-state index in [0.717, 1.165) is 32.2 Å². The molecule has 1 spiro atoms. The summed E-state index contributed by atoms with van der Waals surface area (Å²) in [5, 5.41) is 9.35. The SMILES string of the molecule is CS(=O)(=O)Cc1ccc(C(=O)O)c(N2CCC3(CC2)CC3)n1. The number of nitrogens with zero attached hydrogens (tertiary/aromatic N) is 2. The summed E-state index contributed by atoms with van der Waals surface area (Å²) in [5.41, 5.74) is 1.03. The smallest absolute Gasteiger partial charge is 0.339 e. The lowest BCUT2D eigenvalue weighted by Gasteiger charge is -2.33. The van der Waals surface area contributed by atoms with Crippen molar-refractivity contribution in [1.82, 2.24) is 4.98 Å². The summed E-state index contributed by atoms with van der Waals surface area (Å²) in [4.78, 5) is 17.7. The van der Waals surface area contributed by atoms with Crippen molar-refractivity contribution in [1.29, 1.82) is 0 Å². The predicted octanol–water partition coefficient (Wildman–Crippen LogP) is 1.70. The van der Waals surface area contributed by atoms with E-state index in [4.69, 9.17) is 0 Å². The Kier molecular flexibility index (Phi) is 3.63. The molecule has 2 aliphatic rings. The first-order chi connectivity index (χ1) is 10.3. The summed E-state index contributed by atoms with van der Waals surface area (Å²) in [5.74, 6) is -0.790. The topological polar surface area (TPSA) is 87.6 Å². The highest BCUT2D eigenvalue weighted by molar-refractivity contribution is 7.89. The van der Waals surface area contributed by atoms with Crippen LogP contribution in [0.3, 0.4) is 0 Å². The number of sulfone groups is 1. The van der Waals surface area contributed by atoms with Gasteiger partial charge in [-0.05, 0) is 43.2 Å². The average Bonchev–Trinajstić information content (AvgIpc) is 3.17. The van der Waals surface area contributed by atoms with E-state index in [2.05, 4.69) is 4.98 Å². The molecule has 6 nitrogen and oxygen atoms in total. The number of carboxylic acid groups (broad SMARTS) is 1. The van der Waals surface area contributed by atoms with Gasteiger partial charge in [0.2, 0.25) is 0 Å². The lowest BCUT2D eigenvalue weighted by molar-refractivity contribution is 0.0697. The van der Waals surface area contributed by atoms with E-state index < -0.39 is 15.8 Å². The zero-order chi connectivity index (χ0) is 16.0. The molecule has 0 bridgehead atoms. The van der Waals surface area contributed by atoms with Crippen LogP contribution < -0.4 is 4.90 Å². The molecular weight excluding hydrogens is 304 g/mol. The van der Waals surface area contributed by atoms with Crippen molar-refractivity contribution in [2.45, 2.75) is 31.4 Å². The third-order valence-corrected chi connectivity index (χ3v) is 5.47. The first-order valence-electron chi connectivity index (χ1n) is 7.44. The van der Waals surface area contributed by atoms with Gasteiger partial charge in [0, 0.05) is 19.3 Å². The maximum Gasteiger partial charge on any atom is 0.339 e. The third kappa shape index (κ3) is 3.24. The molecule has 2 heterocycles. The highest BCUT2D eigenvalue weighted by Crippen LogP contribution is 2.53. The molecule has 0 radical (unpaired) electrons. The quantitative estimate of drug-likeness (QED) is 0.907. The van der Waals surface area contributed by atoms with Crippen LogP contribution >= 0.6 is 0 Å². The summed E-state index contributed by atoms with van der Waals surface area (Å²) in [6.07, 6.45) is 5.81. The number of aromatic nitrogens is 1. The minimum atomic E-state index is -3.19. The van der Waals surface area contributed by atoms with Crippen molar-refractivity contribution < 1.29 is 18.3 Å². The molecule has 0 unspecified atom stereocenters. The molecule has 1 aliphatic heterocycles. The Hall–Kier alpha value is -1.63. The van der Waals surface area contributed by atoms with Gasteiger partial charge in [-0.2, -0.15) is 0 Å². The molecule has 0 amide bonds. The van der Waals surface area contributed by atoms with Gasteiger partial charge in [0.1, 0.15) is 11.4 Å². The van der Waals surface area contributed by atoms with E-state index in [1.54, 1.807) is 0 Å². The first-order valence-corrected chi connectivity index (χ1v) is 9.50. The standard InChI is InChI=1S/C15H20N2O4S/c1-22(20,21)10-11-2-3-12(14(18)19)13(16-11)17-8-6-15(4-5-15)7-9-17/h2-3H,4-10H2,1H3,(H,18,19). The number of hydrogen-bond donors (Lipinski definition) is 1. The number of carboxylic acids is 1. The maximum atomic E-state index is 11.4. The second-order valence-corrected chi connectivity index (χ2v) is 8.68. The van der Waals surface area contributed by atoms with E-state index >= 15 is 0 Å². The van der Waals surface area contributed by atoms with Crippen LogP contribution in [0.2, 0.25) is 0 Å². The summed E-state index contributed by atoms with van der Waals surface area (Å²) in [6.45, 7) is 1.57. The Balaban J connectivity index is 1.89. The van der Waals surface area contributed by atoms with Gasteiger partial charge < -0.3 is 10.0 Å². The Morgan fingerprint density at radius 1 is 1.27 bits per heavy atom. The van der Waals surface area contributed by atoms with E-state index in [1.807, 2.05) is 4.90 Å². The van der Waals surface area contributed by atoms with Crippen LogP contribution in [0.4, 0.5) is 5.82 Å². The minimum Gasteiger partial charge on any atom is -0.478 e. The molecular formula is C15H20N2O4S. The number of aromatic carboxylic acids is 1. The third-order valence-electron chi connectivity index (χ3n) is 4.65. The minimum absolute atomic E-state index is 0.143. The summed E-state index contributed by atoms with van der Waals surface area (Å²) < 4.78 is 22.9. The monoisotopic (exact) mass is 324 g/mol. The molecule has 1 aromatic heterocycles. The largest absolute Gasteiger partial charge is 0.478 e. The number of pyridine rings is 1. The van der Waals surface area contributed by atoms with Gasteiger partial charge in [0.25, 0.3) is 0 Å². The molecule has 0 aromatic carbocycles. The van der Waals surface area contributed by atoms with Gasteiger partial charge in [-0.1, -0.05) is 0 Å². The van der Waals surface area contributed by atoms with Crippen molar-refractivity contribution in [2.75, 3.05) is 24.2 Å². The Morgan fingerprint density at radius 3 is 2.41 bits per heavy atom. The van der Waals surface area contributed by atoms with Gasteiger partial charge in [-0.25, -0.2) is 18.2 Å². The van der Waals surface area contributed by atoms with Gasteiger partial charge >= 0.3 is 5.97 Å². The highest BCUT2D eigenvalue weighted by atomic mass is 32.2. The molecule has 1 N–H and O–H groups in total. The predicted molar refractivity (Wildman–Crippen MR) is 82.9 cm³/mol. The fourth-order valence-corrected chi connectivity index (χ4v) is 3.81. The van der Waals surface area contributed by atoms with E-state index in [0.29, 0.717) is 16.9 Å². The molecule has 2 fully saturated rings. The lowest BCUT2D eigenvalue weighted by atomic mass is 9.93. The molecule has 3 rings (SSSR count). The normalized spacial score (nSPS) is 20.1. The number of anilines is 1. The van der Waals surface area contributed by atoms with Crippen molar-refractivity contribution in [3.63, 3.8) is 0 Å². The van der Waals surface area contributed by atoms with Gasteiger partial charge in [-0.3, -0.25) is 0 Å². The molecule has 1 aliphatic carbocycles. The molecule has 120 valence electrons. The fraction of sp³-hybridized carbons (Fsp3) is 0.600. The molecule has 1 saturated carbocycles. The number of rotatable bonds is 4. The molecule has 1 saturated heterocycles. The van der Waals surface area contributed by atoms with Crippen LogP contribution in [0.15, 0.2) is 12.1 Å². The van der Waals surface area contributed by atoms with Crippen LogP contribution in [0, 0.1) is 5.41 Å². The van der Waals surface area contributed by atoms with Crippen molar-refractivity contribution in [3.05, 3.63) is 23.4 Å². The van der Waals surface area contributed by atoms with Crippen LogP contribution in [0.25, 0.3) is 0 Å². The van der Waals surface area contributed by atoms with Crippen LogP contribution in [-0.4, -0.2) is 43.8 Å². The molecule has 0 atom stereocenters. The van der Waals surface area contributed by atoms with Gasteiger partial charge in [0.05, 0.1) is 11.4 Å². The Labute approximate surface area is 130 Å².